The Kier molecular flexibility index (Phi) is 5.61. The van der Waals surface area contributed by atoms with Gasteiger partial charge in [-0.2, -0.15) is 5.26 Å². The molecule has 0 radical (unpaired) electrons. The van der Waals surface area contributed by atoms with E-state index in [9.17, 15) is 10.1 Å². The highest BCUT2D eigenvalue weighted by Gasteiger charge is 2.45. The van der Waals surface area contributed by atoms with Crippen LogP contribution in [0.2, 0.25) is 10.0 Å². The maximum absolute atomic E-state index is 13.6. The second-order valence-corrected chi connectivity index (χ2v) is 10.3. The number of hydrogen-bond acceptors (Lipinski definition) is 4. The Morgan fingerprint density at radius 2 is 1.75 bits per heavy atom. The van der Waals surface area contributed by atoms with Gasteiger partial charge in [0.2, 0.25) is 0 Å². The number of carbonyl (C=O) groups is 1. The molecule has 2 aromatic rings. The lowest BCUT2D eigenvalue weighted by molar-refractivity contribution is -0.118. The largest absolute Gasteiger partial charge is 0.384 e. The van der Waals surface area contributed by atoms with E-state index in [1.54, 1.807) is 23.1 Å². The molecule has 2 N–H and O–H groups in total. The molecule has 0 saturated heterocycles. The zero-order valence-electron chi connectivity index (χ0n) is 18.6. The van der Waals surface area contributed by atoms with E-state index in [1.165, 1.54) is 0 Å². The molecule has 32 heavy (non-hydrogen) atoms. The van der Waals surface area contributed by atoms with Gasteiger partial charge in [-0.15, -0.1) is 0 Å². The number of ketones is 1. The molecule has 1 atom stereocenters. The first-order valence-electron chi connectivity index (χ1n) is 10.5. The minimum Gasteiger partial charge on any atom is -0.384 e. The molecule has 0 spiro atoms. The number of aryl methyl sites for hydroxylation is 2. The van der Waals surface area contributed by atoms with Crippen LogP contribution in [0.5, 0.6) is 0 Å². The Balaban J connectivity index is 2.05. The van der Waals surface area contributed by atoms with Crippen LogP contribution in [0.4, 0.5) is 5.69 Å². The van der Waals surface area contributed by atoms with E-state index in [2.05, 4.69) is 19.9 Å². The number of Topliss-reactive ketones (excluding diaryl/α,β-unsaturated/α-hetero) is 1. The third kappa shape index (κ3) is 3.81. The van der Waals surface area contributed by atoms with Crippen molar-refractivity contribution in [2.24, 2.45) is 11.1 Å². The van der Waals surface area contributed by atoms with Crippen LogP contribution >= 0.6 is 23.2 Å². The lowest BCUT2D eigenvalue weighted by atomic mass is 9.68. The van der Waals surface area contributed by atoms with Gasteiger partial charge in [-0.1, -0.05) is 60.8 Å². The normalized spacial score (nSPS) is 20.3. The summed E-state index contributed by atoms with van der Waals surface area (Å²) in [5.41, 5.74) is 11.9. The van der Waals surface area contributed by atoms with Crippen molar-refractivity contribution >= 4 is 34.7 Å². The van der Waals surface area contributed by atoms with Gasteiger partial charge in [0.25, 0.3) is 0 Å². The smallest absolute Gasteiger partial charge is 0.162 e. The van der Waals surface area contributed by atoms with Gasteiger partial charge in [0.15, 0.2) is 5.78 Å². The molecule has 1 unspecified atom stereocenters. The summed E-state index contributed by atoms with van der Waals surface area (Å²) in [4.78, 5) is 15.4. The van der Waals surface area contributed by atoms with Gasteiger partial charge in [-0.25, -0.2) is 0 Å². The Bertz CT molecular complexity index is 1230. The van der Waals surface area contributed by atoms with Crippen molar-refractivity contribution in [1.82, 2.24) is 0 Å². The van der Waals surface area contributed by atoms with E-state index in [0.29, 0.717) is 45.5 Å². The van der Waals surface area contributed by atoms with Crippen molar-refractivity contribution in [3.05, 3.63) is 85.8 Å². The van der Waals surface area contributed by atoms with Crippen LogP contribution in [0, 0.1) is 30.6 Å². The van der Waals surface area contributed by atoms with Gasteiger partial charge in [-0.05, 0) is 55.0 Å². The molecule has 0 amide bonds. The van der Waals surface area contributed by atoms with Crippen LogP contribution in [-0.2, 0) is 4.79 Å². The van der Waals surface area contributed by atoms with E-state index in [-0.39, 0.29) is 11.2 Å². The summed E-state index contributed by atoms with van der Waals surface area (Å²) >= 11 is 12.6. The van der Waals surface area contributed by atoms with Crippen LogP contribution in [-0.4, -0.2) is 5.78 Å². The molecule has 2 aliphatic rings. The van der Waals surface area contributed by atoms with Gasteiger partial charge in [-0.3, -0.25) is 9.69 Å². The zero-order chi connectivity index (χ0) is 23.4. The molecule has 1 aliphatic heterocycles. The number of halogens is 2. The van der Waals surface area contributed by atoms with Crippen molar-refractivity contribution in [2.75, 3.05) is 4.90 Å². The van der Waals surface area contributed by atoms with Gasteiger partial charge < -0.3 is 5.73 Å². The van der Waals surface area contributed by atoms with Crippen LogP contribution < -0.4 is 10.6 Å². The van der Waals surface area contributed by atoms with Gasteiger partial charge in [0.1, 0.15) is 5.82 Å². The fourth-order valence-electron chi connectivity index (χ4n) is 4.85. The Morgan fingerprint density at radius 1 is 1.09 bits per heavy atom. The quantitative estimate of drug-likeness (QED) is 0.545. The Labute approximate surface area is 198 Å². The van der Waals surface area contributed by atoms with E-state index in [1.807, 2.05) is 32.0 Å². The molecule has 164 valence electrons. The van der Waals surface area contributed by atoms with E-state index < -0.39 is 5.92 Å². The summed E-state index contributed by atoms with van der Waals surface area (Å²) in [5, 5.41) is 11.1. The molecule has 0 saturated carbocycles. The molecule has 6 heteroatoms. The van der Waals surface area contributed by atoms with E-state index in [4.69, 9.17) is 28.9 Å². The summed E-state index contributed by atoms with van der Waals surface area (Å²) < 4.78 is 0. The number of nitrogens with two attached hydrogens (primary N) is 1. The van der Waals surface area contributed by atoms with Crippen molar-refractivity contribution in [3.63, 3.8) is 0 Å². The molecule has 2 aromatic carbocycles. The Hall–Kier alpha value is -2.74. The maximum Gasteiger partial charge on any atom is 0.162 e. The summed E-state index contributed by atoms with van der Waals surface area (Å²) in [6.07, 6.45) is 1.05. The number of rotatable bonds is 2. The van der Waals surface area contributed by atoms with Crippen LogP contribution in [0.3, 0.4) is 0 Å². The number of nitriles is 1. The number of benzene rings is 2. The second kappa shape index (κ2) is 7.99. The standard InChI is InChI=1S/C26H25Cl2N3O/c1-14-5-6-15(2)19(7-14)23-20(13-29)25(30)31(18-9-16(27)8-17(28)10-18)21-11-26(3,4)12-22(32)24(21)23/h5-10,23H,11-12,30H2,1-4H3. The van der Waals surface area contributed by atoms with Gasteiger partial charge in [0, 0.05) is 27.7 Å². The van der Waals surface area contributed by atoms with Crippen LogP contribution in [0.15, 0.2) is 59.1 Å². The fourth-order valence-corrected chi connectivity index (χ4v) is 5.37. The van der Waals surface area contributed by atoms with Crippen LogP contribution in [0.25, 0.3) is 0 Å². The highest BCUT2D eigenvalue weighted by molar-refractivity contribution is 6.35. The topological polar surface area (TPSA) is 70.1 Å². The van der Waals surface area contributed by atoms with Crippen LogP contribution in [0.1, 0.15) is 49.3 Å². The number of carbonyl (C=O) groups excluding carboxylic acids is 1. The van der Waals surface area contributed by atoms with E-state index >= 15 is 0 Å². The minimum atomic E-state index is -0.496. The number of allylic oxidation sites excluding steroid dienone is 3. The number of anilines is 1. The third-order valence-corrected chi connectivity index (χ3v) is 6.67. The first-order chi connectivity index (χ1) is 15.0. The zero-order valence-corrected chi connectivity index (χ0v) is 20.1. The molecule has 4 nitrogen and oxygen atoms in total. The first kappa shape index (κ1) is 22.5. The average molecular weight is 466 g/mol. The molecular formula is C26H25Cl2N3O. The van der Waals surface area contributed by atoms with E-state index in [0.717, 1.165) is 22.4 Å². The SMILES string of the molecule is Cc1ccc(C)c(C2C(C#N)=C(N)N(c3cc(Cl)cc(Cl)c3)C3=C2C(=O)CC(C)(C)C3)c1. The van der Waals surface area contributed by atoms with Gasteiger partial charge >= 0.3 is 0 Å². The highest BCUT2D eigenvalue weighted by Crippen LogP contribution is 2.51. The summed E-state index contributed by atoms with van der Waals surface area (Å²) in [5.74, 6) is -0.147. The van der Waals surface area contributed by atoms with Gasteiger partial charge in [0.05, 0.1) is 23.2 Å². The highest BCUT2D eigenvalue weighted by atomic mass is 35.5. The summed E-state index contributed by atoms with van der Waals surface area (Å²) in [7, 11) is 0. The molecule has 0 aromatic heterocycles. The molecule has 0 fully saturated rings. The average Bonchev–Trinajstić information content (AvgIpc) is 2.67. The third-order valence-electron chi connectivity index (χ3n) is 6.23. The predicted octanol–water partition coefficient (Wildman–Crippen LogP) is 6.55. The summed E-state index contributed by atoms with van der Waals surface area (Å²) in [6, 6.07) is 13.6. The van der Waals surface area contributed by atoms with Crippen molar-refractivity contribution in [2.45, 2.75) is 46.5 Å². The monoisotopic (exact) mass is 465 g/mol. The first-order valence-corrected chi connectivity index (χ1v) is 11.3. The molecule has 1 heterocycles. The maximum atomic E-state index is 13.6. The lowest BCUT2D eigenvalue weighted by Gasteiger charge is -2.44. The molecule has 1 aliphatic carbocycles. The predicted molar refractivity (Wildman–Crippen MR) is 129 cm³/mol. The van der Waals surface area contributed by atoms with Crippen molar-refractivity contribution in [1.29, 1.82) is 5.26 Å². The molecular weight excluding hydrogens is 441 g/mol. The minimum absolute atomic E-state index is 0.0422. The lowest BCUT2D eigenvalue weighted by Crippen LogP contribution is -2.42. The van der Waals surface area contributed by atoms with Crippen molar-refractivity contribution < 1.29 is 4.79 Å². The molecule has 0 bridgehead atoms. The summed E-state index contributed by atoms with van der Waals surface area (Å²) in [6.45, 7) is 8.15. The number of nitrogens with zero attached hydrogens (tertiary/aromatic N) is 2. The Morgan fingerprint density at radius 3 is 2.38 bits per heavy atom. The van der Waals surface area contributed by atoms with Crippen molar-refractivity contribution in [3.8, 4) is 6.07 Å². The molecule has 4 rings (SSSR count). The number of hydrogen-bond donors (Lipinski definition) is 1. The fraction of sp³-hybridized carbons (Fsp3) is 0.308. The second-order valence-electron chi connectivity index (χ2n) is 9.47.